The van der Waals surface area contributed by atoms with Crippen molar-refractivity contribution in [3.8, 4) is 0 Å². The second-order valence-electron chi connectivity index (χ2n) is 6.04. The first kappa shape index (κ1) is 17.1. The van der Waals surface area contributed by atoms with Gasteiger partial charge in [-0.25, -0.2) is 5.10 Å². The number of hydrogen-bond acceptors (Lipinski definition) is 7. The highest BCUT2D eigenvalue weighted by Gasteiger charge is 2.40. The van der Waals surface area contributed by atoms with E-state index >= 15 is 0 Å². The summed E-state index contributed by atoms with van der Waals surface area (Å²) in [6.45, 7) is 0. The molecule has 0 atom stereocenters. The molecule has 3 heterocycles. The topological polar surface area (TPSA) is 77.5 Å². The predicted octanol–water partition coefficient (Wildman–Crippen LogP) is 3.98. The van der Waals surface area contributed by atoms with Gasteiger partial charge in [-0.05, 0) is 36.0 Å². The van der Waals surface area contributed by atoms with Gasteiger partial charge in [0.2, 0.25) is 5.95 Å². The van der Waals surface area contributed by atoms with Gasteiger partial charge >= 0.3 is 0 Å². The summed E-state index contributed by atoms with van der Waals surface area (Å²) in [7, 11) is 1.98. The largest absolute Gasteiger partial charge is 0.337 e. The molecular weight excluding hydrogens is 392 g/mol. The molecule has 2 aromatic carbocycles. The van der Waals surface area contributed by atoms with Crippen molar-refractivity contribution < 1.29 is 4.79 Å². The molecule has 3 aromatic rings. The van der Waals surface area contributed by atoms with Gasteiger partial charge in [0.15, 0.2) is 5.17 Å². The number of fused-ring (bicyclic) bond motifs is 1. The quantitative estimate of drug-likeness (QED) is 0.649. The molecule has 5 rings (SSSR count). The first-order valence-electron chi connectivity index (χ1n) is 8.48. The molecule has 7 nitrogen and oxygen atoms in total. The number of aliphatic imine (C=N–C) groups is 1. The Balaban J connectivity index is 1.61. The highest BCUT2D eigenvalue weighted by Crippen LogP contribution is 2.50. The summed E-state index contributed by atoms with van der Waals surface area (Å²) in [4.78, 5) is 27.4. The molecule has 1 N–H and O–H groups in total. The average Bonchev–Trinajstić information content (AvgIpc) is 3.42. The zero-order chi connectivity index (χ0) is 19.1. The number of amidine groups is 1. The lowest BCUT2D eigenvalue weighted by Crippen LogP contribution is -2.29. The molecule has 0 bridgehead atoms. The van der Waals surface area contributed by atoms with E-state index < -0.39 is 0 Å². The monoisotopic (exact) mass is 406 g/mol. The van der Waals surface area contributed by atoms with E-state index in [0.29, 0.717) is 16.0 Å². The van der Waals surface area contributed by atoms with Crippen LogP contribution in [0.25, 0.3) is 0 Å². The summed E-state index contributed by atoms with van der Waals surface area (Å²) in [5.41, 5.74) is 1.85. The fraction of sp³-hybridized carbons (Fsp3) is 0.0526. The van der Waals surface area contributed by atoms with E-state index in [9.17, 15) is 4.79 Å². The molecule has 28 heavy (non-hydrogen) atoms. The number of amides is 1. The Morgan fingerprint density at radius 3 is 2.57 bits per heavy atom. The Labute approximate surface area is 169 Å². The van der Waals surface area contributed by atoms with E-state index in [2.05, 4.69) is 37.2 Å². The van der Waals surface area contributed by atoms with Crippen molar-refractivity contribution >= 4 is 51.9 Å². The lowest BCUT2D eigenvalue weighted by molar-refractivity contribution is -0.113. The lowest BCUT2D eigenvalue weighted by atomic mass is 10.3. The Bertz CT molecular complexity index is 1110. The summed E-state index contributed by atoms with van der Waals surface area (Å²) in [5, 5.41) is 8.01. The van der Waals surface area contributed by atoms with Gasteiger partial charge in [-0.1, -0.05) is 42.1 Å². The first-order chi connectivity index (χ1) is 13.7. The van der Waals surface area contributed by atoms with E-state index in [0.717, 1.165) is 21.3 Å². The number of anilines is 2. The zero-order valence-electron chi connectivity index (χ0n) is 14.7. The molecule has 1 fully saturated rings. The van der Waals surface area contributed by atoms with Crippen molar-refractivity contribution in [1.29, 1.82) is 0 Å². The van der Waals surface area contributed by atoms with Crippen LogP contribution in [-0.2, 0) is 4.79 Å². The molecule has 0 spiro atoms. The summed E-state index contributed by atoms with van der Waals surface area (Å²) in [5.74, 6) is 0.259. The van der Waals surface area contributed by atoms with Crippen LogP contribution in [-0.4, -0.2) is 33.3 Å². The second-order valence-corrected chi connectivity index (χ2v) is 8.05. The number of aromatic amines is 1. The zero-order valence-corrected chi connectivity index (χ0v) is 16.4. The molecule has 0 aliphatic carbocycles. The van der Waals surface area contributed by atoms with Gasteiger partial charge in [-0.3, -0.25) is 9.69 Å². The minimum atomic E-state index is -0.100. The summed E-state index contributed by atoms with van der Waals surface area (Å²) < 4.78 is 0. The predicted molar refractivity (Wildman–Crippen MR) is 113 cm³/mol. The number of thioether (sulfide) groups is 2. The minimum absolute atomic E-state index is 0.100. The van der Waals surface area contributed by atoms with Crippen LogP contribution in [0.5, 0.6) is 0 Å². The summed E-state index contributed by atoms with van der Waals surface area (Å²) in [6, 6.07) is 17.6. The van der Waals surface area contributed by atoms with E-state index in [1.165, 1.54) is 18.1 Å². The normalized spacial score (nSPS) is 20.3. The van der Waals surface area contributed by atoms with E-state index in [1.807, 2.05) is 49.5 Å². The van der Waals surface area contributed by atoms with E-state index in [-0.39, 0.29) is 5.91 Å². The lowest BCUT2D eigenvalue weighted by Gasteiger charge is -2.16. The third-order valence-corrected chi connectivity index (χ3v) is 6.73. The van der Waals surface area contributed by atoms with Crippen LogP contribution in [0.3, 0.4) is 0 Å². The summed E-state index contributed by atoms with van der Waals surface area (Å²) in [6.07, 6.45) is 1.39. The van der Waals surface area contributed by atoms with Crippen LogP contribution in [0.4, 0.5) is 17.3 Å². The molecule has 2 aliphatic rings. The summed E-state index contributed by atoms with van der Waals surface area (Å²) >= 11 is 2.95. The van der Waals surface area contributed by atoms with E-state index in [4.69, 9.17) is 0 Å². The number of benzene rings is 2. The van der Waals surface area contributed by atoms with E-state index in [1.54, 1.807) is 16.7 Å². The van der Waals surface area contributed by atoms with Crippen molar-refractivity contribution in [2.24, 2.45) is 4.99 Å². The van der Waals surface area contributed by atoms with Crippen LogP contribution in [0.1, 0.15) is 0 Å². The van der Waals surface area contributed by atoms with Crippen molar-refractivity contribution in [3.05, 3.63) is 70.9 Å². The molecule has 1 aromatic heterocycles. The van der Waals surface area contributed by atoms with Crippen molar-refractivity contribution in [1.82, 2.24) is 15.2 Å². The van der Waals surface area contributed by atoms with Gasteiger partial charge in [0.1, 0.15) is 11.2 Å². The number of aromatic nitrogens is 3. The maximum atomic E-state index is 13.4. The number of hydrogen-bond donors (Lipinski definition) is 1. The van der Waals surface area contributed by atoms with Crippen molar-refractivity contribution in [3.63, 3.8) is 0 Å². The highest BCUT2D eigenvalue weighted by molar-refractivity contribution is 8.20. The molecule has 2 aliphatic heterocycles. The van der Waals surface area contributed by atoms with Crippen LogP contribution in [0.15, 0.2) is 80.7 Å². The number of carbonyl (C=O) groups excluding carboxylic acids is 1. The number of rotatable bonds is 2. The Hall–Kier alpha value is -3.04. The molecule has 1 saturated heterocycles. The number of nitrogens with one attached hydrogen (secondary N) is 1. The van der Waals surface area contributed by atoms with Crippen molar-refractivity contribution in [2.75, 3.05) is 16.8 Å². The first-order valence-corrected chi connectivity index (χ1v) is 10.1. The van der Waals surface area contributed by atoms with Gasteiger partial charge < -0.3 is 4.90 Å². The molecule has 0 unspecified atom stereocenters. The van der Waals surface area contributed by atoms with Gasteiger partial charge in [0.25, 0.3) is 5.91 Å². The molecule has 1 amide bonds. The van der Waals surface area contributed by atoms with Gasteiger partial charge in [-0.2, -0.15) is 15.1 Å². The SMILES string of the molecule is CN1/C(=C2/SC(=Nc3ncn[nH]3)N(c3ccccc3)C2=O)Sc2ccccc21. The minimum Gasteiger partial charge on any atom is -0.337 e. The van der Waals surface area contributed by atoms with Gasteiger partial charge in [0.05, 0.1) is 16.4 Å². The maximum absolute atomic E-state index is 13.4. The molecule has 0 saturated carbocycles. The Morgan fingerprint density at radius 2 is 1.82 bits per heavy atom. The maximum Gasteiger partial charge on any atom is 0.274 e. The molecular formula is C19H14N6OS2. The Kier molecular flexibility index (Phi) is 4.18. The van der Waals surface area contributed by atoms with Gasteiger partial charge in [-0.15, -0.1) is 0 Å². The van der Waals surface area contributed by atoms with Crippen LogP contribution >= 0.6 is 23.5 Å². The number of carbonyl (C=O) groups is 1. The highest BCUT2D eigenvalue weighted by atomic mass is 32.2. The molecule has 9 heteroatoms. The fourth-order valence-electron chi connectivity index (χ4n) is 3.03. The molecule has 138 valence electrons. The molecule has 0 radical (unpaired) electrons. The number of H-pyrrole nitrogens is 1. The fourth-order valence-corrected chi connectivity index (χ4v) is 5.35. The standard InChI is InChI=1S/C19H14N6OS2/c1-24-13-9-5-6-10-14(13)27-17(24)15-16(26)25(12-7-3-2-4-8-12)19(28-15)22-18-20-11-21-23-18/h2-11H,1H3,(H,20,21,23)/b17-15-,22-19?. The van der Waals surface area contributed by atoms with Crippen molar-refractivity contribution in [2.45, 2.75) is 4.90 Å². The smallest absolute Gasteiger partial charge is 0.274 e. The third kappa shape index (κ3) is 2.79. The second kappa shape index (κ2) is 6.84. The van der Waals surface area contributed by atoms with Crippen LogP contribution in [0, 0.1) is 0 Å². The average molecular weight is 406 g/mol. The third-order valence-electron chi connectivity index (χ3n) is 4.33. The van der Waals surface area contributed by atoms with Crippen LogP contribution < -0.4 is 9.80 Å². The van der Waals surface area contributed by atoms with Gasteiger partial charge in [0, 0.05) is 11.9 Å². The Morgan fingerprint density at radius 1 is 1.04 bits per heavy atom. The number of para-hydroxylation sites is 2. The van der Waals surface area contributed by atoms with Crippen LogP contribution in [0.2, 0.25) is 0 Å². The number of nitrogens with zero attached hydrogens (tertiary/aromatic N) is 5.